The number of esters is 1. The summed E-state index contributed by atoms with van der Waals surface area (Å²) in [5.41, 5.74) is 1.10. The maximum Gasteiger partial charge on any atom is 0.416 e. The van der Waals surface area contributed by atoms with Crippen molar-refractivity contribution >= 4 is 5.97 Å². The molecular weight excluding hydrogens is 283 g/mol. The van der Waals surface area contributed by atoms with Crippen LogP contribution in [0, 0.1) is 0 Å². The average Bonchev–Trinajstić information content (AvgIpc) is 2.45. The number of carbonyl (C=O) groups is 1. The lowest BCUT2D eigenvalue weighted by molar-refractivity contribution is -0.142. The topological polar surface area (TPSA) is 39.2 Å². The van der Waals surface area contributed by atoms with E-state index < -0.39 is 17.7 Å². The van der Waals surface area contributed by atoms with E-state index >= 15 is 0 Å². The van der Waals surface area contributed by atoms with E-state index in [0.717, 1.165) is 17.7 Å². The number of alkyl halides is 3. The fraction of sp³-hybridized carbons (Fsp3) is 0.200. The van der Waals surface area contributed by atoms with Crippen molar-refractivity contribution in [3.05, 3.63) is 53.7 Å². The fourth-order valence-electron chi connectivity index (χ4n) is 1.74. The second kappa shape index (κ2) is 5.95. The van der Waals surface area contributed by atoms with Crippen molar-refractivity contribution in [1.29, 1.82) is 0 Å². The highest BCUT2D eigenvalue weighted by Crippen LogP contribution is 2.30. The summed E-state index contributed by atoms with van der Waals surface area (Å²) in [5, 5.41) is 0. The van der Waals surface area contributed by atoms with Crippen LogP contribution in [0.1, 0.15) is 18.1 Å². The van der Waals surface area contributed by atoms with E-state index in [2.05, 4.69) is 4.98 Å². The normalized spacial score (nSPS) is 11.2. The highest BCUT2D eigenvalue weighted by atomic mass is 19.4. The summed E-state index contributed by atoms with van der Waals surface area (Å²) < 4.78 is 42.4. The second-order valence-corrected chi connectivity index (χ2v) is 4.40. The number of pyridine rings is 1. The number of halogens is 3. The van der Waals surface area contributed by atoms with Crippen molar-refractivity contribution < 1.29 is 22.7 Å². The fourth-order valence-corrected chi connectivity index (χ4v) is 1.74. The van der Waals surface area contributed by atoms with Crippen molar-refractivity contribution in [2.75, 3.05) is 0 Å². The van der Waals surface area contributed by atoms with Gasteiger partial charge in [0.25, 0.3) is 0 Å². The Morgan fingerprint density at radius 2 is 1.86 bits per heavy atom. The minimum Gasteiger partial charge on any atom is -0.461 e. The third kappa shape index (κ3) is 4.05. The van der Waals surface area contributed by atoms with Gasteiger partial charge in [0.05, 0.1) is 11.3 Å². The van der Waals surface area contributed by atoms with Crippen LogP contribution in [0.4, 0.5) is 13.2 Å². The van der Waals surface area contributed by atoms with E-state index in [0.29, 0.717) is 11.3 Å². The zero-order chi connectivity index (χ0) is 15.5. The highest BCUT2D eigenvalue weighted by molar-refractivity contribution is 5.66. The lowest BCUT2D eigenvalue weighted by Gasteiger charge is -2.08. The lowest BCUT2D eigenvalue weighted by Crippen LogP contribution is -2.04. The van der Waals surface area contributed by atoms with Crippen LogP contribution in [0.25, 0.3) is 11.3 Å². The van der Waals surface area contributed by atoms with Gasteiger partial charge in [-0.05, 0) is 29.8 Å². The van der Waals surface area contributed by atoms with Gasteiger partial charge in [0.15, 0.2) is 0 Å². The molecule has 2 aromatic rings. The quantitative estimate of drug-likeness (QED) is 0.808. The van der Waals surface area contributed by atoms with Crippen LogP contribution in [-0.2, 0) is 22.3 Å². The molecule has 0 N–H and O–H groups in total. The lowest BCUT2D eigenvalue weighted by atomic mass is 10.1. The van der Waals surface area contributed by atoms with Crippen LogP contribution in [-0.4, -0.2) is 11.0 Å². The molecule has 1 aromatic heterocycles. The van der Waals surface area contributed by atoms with Gasteiger partial charge in [-0.1, -0.05) is 12.1 Å². The van der Waals surface area contributed by atoms with E-state index in [1.54, 1.807) is 12.1 Å². The predicted molar refractivity (Wildman–Crippen MR) is 70.1 cm³/mol. The van der Waals surface area contributed by atoms with Crippen molar-refractivity contribution in [3.8, 4) is 11.3 Å². The predicted octanol–water partition coefficient (Wildman–Crippen LogP) is 3.83. The number of carbonyl (C=O) groups excluding carboxylic acids is 1. The Balaban J connectivity index is 2.22. The Bertz CT molecular complexity index is 636. The highest BCUT2D eigenvalue weighted by Gasteiger charge is 2.29. The molecule has 0 atom stereocenters. The third-order valence-electron chi connectivity index (χ3n) is 2.77. The largest absolute Gasteiger partial charge is 0.461 e. The summed E-state index contributed by atoms with van der Waals surface area (Å²) in [4.78, 5) is 14.9. The summed E-state index contributed by atoms with van der Waals surface area (Å²) in [6.45, 7) is 1.41. The smallest absolute Gasteiger partial charge is 0.416 e. The van der Waals surface area contributed by atoms with Gasteiger partial charge in [0.2, 0.25) is 0 Å². The van der Waals surface area contributed by atoms with Gasteiger partial charge in [-0.2, -0.15) is 13.2 Å². The molecule has 0 amide bonds. The van der Waals surface area contributed by atoms with Crippen LogP contribution in [0.3, 0.4) is 0 Å². The van der Waals surface area contributed by atoms with E-state index in [1.165, 1.54) is 25.3 Å². The van der Waals surface area contributed by atoms with Gasteiger partial charge in [0, 0.05) is 18.7 Å². The molecule has 0 aliphatic heterocycles. The first-order valence-corrected chi connectivity index (χ1v) is 6.12. The average molecular weight is 295 g/mol. The van der Waals surface area contributed by atoms with Gasteiger partial charge < -0.3 is 4.74 Å². The molecule has 0 bridgehead atoms. The van der Waals surface area contributed by atoms with Gasteiger partial charge in [-0.3, -0.25) is 9.78 Å². The Labute approximate surface area is 119 Å². The number of nitrogens with zero attached hydrogens (tertiary/aromatic N) is 1. The molecule has 3 nitrogen and oxygen atoms in total. The van der Waals surface area contributed by atoms with Crippen LogP contribution in [0.15, 0.2) is 42.6 Å². The minimum absolute atomic E-state index is 0.103. The molecule has 0 aliphatic carbocycles. The molecule has 0 radical (unpaired) electrons. The number of benzene rings is 1. The molecule has 1 heterocycles. The van der Waals surface area contributed by atoms with Gasteiger partial charge in [-0.15, -0.1) is 0 Å². The van der Waals surface area contributed by atoms with E-state index in [-0.39, 0.29) is 6.61 Å². The van der Waals surface area contributed by atoms with E-state index in [9.17, 15) is 18.0 Å². The number of hydrogen-bond donors (Lipinski definition) is 0. The Hall–Kier alpha value is -2.37. The van der Waals surface area contributed by atoms with E-state index in [4.69, 9.17) is 4.74 Å². The monoisotopic (exact) mass is 295 g/mol. The van der Waals surface area contributed by atoms with Crippen molar-refractivity contribution in [3.63, 3.8) is 0 Å². The molecule has 1 aromatic carbocycles. The summed E-state index contributed by atoms with van der Waals surface area (Å²) in [6, 6.07) is 8.09. The van der Waals surface area contributed by atoms with Gasteiger partial charge >= 0.3 is 12.1 Å². The summed E-state index contributed by atoms with van der Waals surface area (Å²) in [5.74, 6) is -0.400. The summed E-state index contributed by atoms with van der Waals surface area (Å²) in [6.07, 6.45) is -2.84. The molecule has 0 fully saturated rings. The Kier molecular flexibility index (Phi) is 4.26. The Morgan fingerprint density at radius 1 is 1.19 bits per heavy atom. The minimum atomic E-state index is -4.36. The Morgan fingerprint density at radius 3 is 2.43 bits per heavy atom. The zero-order valence-electron chi connectivity index (χ0n) is 11.1. The number of ether oxygens (including phenoxy) is 1. The molecular formula is C15H12F3NO2. The standard InChI is InChI=1S/C15H12F3NO2/c1-10(20)21-9-11-6-7-19-14(8-11)12-2-4-13(5-3-12)15(16,17)18/h2-8H,9H2,1H3. The van der Waals surface area contributed by atoms with Gasteiger partial charge in [0.1, 0.15) is 6.61 Å². The molecule has 0 saturated carbocycles. The molecule has 0 saturated heterocycles. The second-order valence-electron chi connectivity index (χ2n) is 4.40. The van der Waals surface area contributed by atoms with Crippen LogP contribution in [0.2, 0.25) is 0 Å². The zero-order valence-corrected chi connectivity index (χ0v) is 11.1. The van der Waals surface area contributed by atoms with E-state index in [1.807, 2.05) is 0 Å². The molecule has 6 heteroatoms. The molecule has 21 heavy (non-hydrogen) atoms. The van der Waals surface area contributed by atoms with Crippen LogP contribution in [0.5, 0.6) is 0 Å². The number of hydrogen-bond acceptors (Lipinski definition) is 3. The first kappa shape index (κ1) is 15.0. The van der Waals surface area contributed by atoms with Crippen molar-refractivity contribution in [2.45, 2.75) is 19.7 Å². The first-order chi connectivity index (χ1) is 9.86. The number of aromatic nitrogens is 1. The molecule has 0 aliphatic rings. The maximum absolute atomic E-state index is 12.5. The molecule has 0 spiro atoms. The van der Waals surface area contributed by atoms with Gasteiger partial charge in [-0.25, -0.2) is 0 Å². The van der Waals surface area contributed by atoms with Crippen molar-refractivity contribution in [1.82, 2.24) is 4.98 Å². The molecule has 2 rings (SSSR count). The first-order valence-electron chi connectivity index (χ1n) is 6.12. The molecule has 0 unspecified atom stereocenters. The van der Waals surface area contributed by atoms with Crippen molar-refractivity contribution in [2.24, 2.45) is 0 Å². The summed E-state index contributed by atoms with van der Waals surface area (Å²) in [7, 11) is 0. The van der Waals surface area contributed by atoms with Crippen LogP contribution < -0.4 is 0 Å². The van der Waals surface area contributed by atoms with Crippen LogP contribution >= 0.6 is 0 Å². The SMILES string of the molecule is CC(=O)OCc1ccnc(-c2ccc(C(F)(F)F)cc2)c1. The maximum atomic E-state index is 12.5. The molecule has 110 valence electrons. The third-order valence-corrected chi connectivity index (χ3v) is 2.77. The number of rotatable bonds is 3. The summed E-state index contributed by atoms with van der Waals surface area (Å²) >= 11 is 0.